The Hall–Kier alpha value is -4.30. The van der Waals surface area contributed by atoms with Gasteiger partial charge in [-0.05, 0) is 54.3 Å². The highest BCUT2D eigenvalue weighted by Gasteiger charge is 2.42. The van der Waals surface area contributed by atoms with Crippen molar-refractivity contribution in [3.05, 3.63) is 94.2 Å². The number of carbonyl (C=O) groups excluding carboxylic acids is 1. The summed E-state index contributed by atoms with van der Waals surface area (Å²) in [6.45, 7) is 4.11. The Morgan fingerprint density at radius 3 is 2.57 bits per heavy atom. The molecule has 3 N–H and O–H groups in total. The van der Waals surface area contributed by atoms with Crippen molar-refractivity contribution in [2.45, 2.75) is 26.5 Å². The third-order valence-electron chi connectivity index (χ3n) is 6.65. The Kier molecular flexibility index (Phi) is 6.58. The smallest absolute Gasteiger partial charge is 0.273 e. The second-order valence-electron chi connectivity index (χ2n) is 9.15. The largest absolute Gasteiger partial charge is 0.507 e. The van der Waals surface area contributed by atoms with E-state index in [0.29, 0.717) is 40.6 Å². The number of carbonyl (C=O) groups is 1. The van der Waals surface area contributed by atoms with Crippen molar-refractivity contribution in [3.63, 3.8) is 0 Å². The summed E-state index contributed by atoms with van der Waals surface area (Å²) in [6.07, 6.45) is 0. The number of amides is 1. The number of ether oxygens (including phenoxy) is 2. The van der Waals surface area contributed by atoms with E-state index in [-0.39, 0.29) is 24.8 Å². The molecular weight excluding hydrogens is 470 g/mol. The van der Waals surface area contributed by atoms with Crippen LogP contribution in [0.25, 0.3) is 11.3 Å². The lowest BCUT2D eigenvalue weighted by atomic mass is 9.94. The summed E-state index contributed by atoms with van der Waals surface area (Å²) in [6, 6.07) is 18.6. The zero-order valence-electron chi connectivity index (χ0n) is 21.0. The summed E-state index contributed by atoms with van der Waals surface area (Å²) in [5, 5.41) is 27.9. The van der Waals surface area contributed by atoms with Crippen LogP contribution in [0.5, 0.6) is 17.2 Å². The van der Waals surface area contributed by atoms with Crippen LogP contribution in [0.15, 0.2) is 60.7 Å². The molecule has 3 aromatic carbocycles. The number of β-amino-alcohol motifs (C(OH)–C–C–N with tert-alkyl or cyclic N) is 1. The van der Waals surface area contributed by atoms with E-state index < -0.39 is 6.04 Å². The Morgan fingerprint density at radius 2 is 1.84 bits per heavy atom. The van der Waals surface area contributed by atoms with Gasteiger partial charge < -0.3 is 24.6 Å². The first-order valence-electron chi connectivity index (χ1n) is 12.1. The van der Waals surface area contributed by atoms with Gasteiger partial charge in [-0.25, -0.2) is 0 Å². The Labute approximate surface area is 215 Å². The number of H-pyrrole nitrogens is 1. The third kappa shape index (κ3) is 4.40. The summed E-state index contributed by atoms with van der Waals surface area (Å²) < 4.78 is 11.7. The van der Waals surface area contributed by atoms with E-state index in [1.54, 1.807) is 12.0 Å². The van der Waals surface area contributed by atoms with Crippen LogP contribution in [0, 0.1) is 13.8 Å². The van der Waals surface area contributed by atoms with Crippen LogP contribution in [-0.4, -0.2) is 51.5 Å². The molecule has 1 amide bonds. The van der Waals surface area contributed by atoms with Gasteiger partial charge >= 0.3 is 0 Å². The van der Waals surface area contributed by atoms with Gasteiger partial charge in [0.1, 0.15) is 23.7 Å². The summed E-state index contributed by atoms with van der Waals surface area (Å²) >= 11 is 0. The Bertz CT molecular complexity index is 1450. The van der Waals surface area contributed by atoms with Gasteiger partial charge in [0.15, 0.2) is 11.5 Å². The Morgan fingerprint density at radius 1 is 1.05 bits per heavy atom. The lowest BCUT2D eigenvalue weighted by Gasteiger charge is -2.26. The summed E-state index contributed by atoms with van der Waals surface area (Å²) in [7, 11) is 1.57. The number of aromatic hydroxyl groups is 1. The lowest BCUT2D eigenvalue weighted by molar-refractivity contribution is 0.0706. The van der Waals surface area contributed by atoms with Crippen LogP contribution in [0.2, 0.25) is 0 Å². The van der Waals surface area contributed by atoms with Gasteiger partial charge in [0.25, 0.3) is 5.91 Å². The summed E-state index contributed by atoms with van der Waals surface area (Å²) in [4.78, 5) is 14.9. The quantitative estimate of drug-likeness (QED) is 0.329. The van der Waals surface area contributed by atoms with Crippen molar-refractivity contribution in [2.75, 3.05) is 20.3 Å². The normalized spacial score (nSPS) is 14.6. The average Bonchev–Trinajstić information content (AvgIpc) is 3.44. The van der Waals surface area contributed by atoms with Crippen molar-refractivity contribution in [2.24, 2.45) is 0 Å². The van der Waals surface area contributed by atoms with Gasteiger partial charge in [0.05, 0.1) is 19.8 Å². The molecule has 0 radical (unpaired) electrons. The van der Waals surface area contributed by atoms with E-state index in [9.17, 15) is 15.0 Å². The molecule has 0 bridgehead atoms. The van der Waals surface area contributed by atoms with Crippen LogP contribution >= 0.6 is 0 Å². The fourth-order valence-corrected chi connectivity index (χ4v) is 4.94. The number of aromatic amines is 1. The number of aliphatic hydroxyl groups excluding tert-OH is 1. The van der Waals surface area contributed by atoms with Crippen molar-refractivity contribution >= 4 is 5.91 Å². The van der Waals surface area contributed by atoms with Gasteiger partial charge in [-0.2, -0.15) is 5.10 Å². The minimum Gasteiger partial charge on any atom is -0.507 e. The molecule has 1 aliphatic heterocycles. The Balaban J connectivity index is 1.58. The number of rotatable bonds is 8. The van der Waals surface area contributed by atoms with Crippen molar-refractivity contribution < 1.29 is 24.5 Å². The number of nitrogens with one attached hydrogen (secondary N) is 1. The summed E-state index contributed by atoms with van der Waals surface area (Å²) in [5.41, 5.74) is 5.54. The van der Waals surface area contributed by atoms with E-state index in [2.05, 4.69) is 10.2 Å². The van der Waals surface area contributed by atoms with Gasteiger partial charge in [-0.15, -0.1) is 0 Å². The molecular formula is C29H29N3O5. The molecule has 0 spiro atoms. The number of hydrogen-bond acceptors (Lipinski definition) is 6. The van der Waals surface area contributed by atoms with Crippen molar-refractivity contribution in [1.29, 1.82) is 0 Å². The number of methoxy groups -OCH3 is 1. The molecule has 0 fully saturated rings. The molecule has 0 saturated heterocycles. The zero-order chi connectivity index (χ0) is 26.1. The number of fused-ring (bicyclic) bond motifs is 1. The number of nitrogens with zero attached hydrogens (tertiary/aromatic N) is 2. The minimum absolute atomic E-state index is 0.119. The number of aromatic nitrogens is 2. The highest BCUT2D eigenvalue weighted by atomic mass is 16.5. The second kappa shape index (κ2) is 9.99. The maximum atomic E-state index is 13.3. The predicted octanol–water partition coefficient (Wildman–Crippen LogP) is 4.52. The molecule has 8 heteroatoms. The highest BCUT2D eigenvalue weighted by molar-refractivity contribution is 6.00. The van der Waals surface area contributed by atoms with Crippen molar-refractivity contribution in [3.8, 4) is 28.5 Å². The molecule has 4 aromatic rings. The maximum Gasteiger partial charge on any atom is 0.273 e. The molecule has 0 unspecified atom stereocenters. The number of aliphatic hydroxyl groups is 1. The van der Waals surface area contributed by atoms with Crippen LogP contribution in [0.4, 0.5) is 0 Å². The lowest BCUT2D eigenvalue weighted by Crippen LogP contribution is -2.32. The van der Waals surface area contributed by atoms with E-state index in [4.69, 9.17) is 9.47 Å². The number of phenolic OH excluding ortho intramolecular Hbond substituents is 1. The second-order valence-corrected chi connectivity index (χ2v) is 9.15. The number of aryl methyl sites for hydroxylation is 2. The zero-order valence-corrected chi connectivity index (χ0v) is 21.0. The van der Waals surface area contributed by atoms with E-state index in [1.165, 1.54) is 0 Å². The van der Waals surface area contributed by atoms with Crippen LogP contribution < -0.4 is 9.47 Å². The van der Waals surface area contributed by atoms with Gasteiger partial charge in [0.2, 0.25) is 0 Å². The molecule has 37 heavy (non-hydrogen) atoms. The number of hydrogen-bond donors (Lipinski definition) is 3. The topological polar surface area (TPSA) is 108 Å². The fraction of sp³-hybridized carbons (Fsp3) is 0.241. The SMILES string of the molecule is COc1cc([C@@H]2c3c(-c4cc(C)cc(C)c4O)n[nH]c3C(=O)N2CCO)ccc1OCc1ccccc1. The fourth-order valence-electron chi connectivity index (χ4n) is 4.94. The van der Waals surface area contributed by atoms with E-state index >= 15 is 0 Å². The highest BCUT2D eigenvalue weighted by Crippen LogP contribution is 2.46. The number of benzene rings is 3. The van der Waals surface area contributed by atoms with Crippen LogP contribution in [0.3, 0.4) is 0 Å². The van der Waals surface area contributed by atoms with Gasteiger partial charge in [-0.3, -0.25) is 9.89 Å². The summed E-state index contributed by atoms with van der Waals surface area (Å²) in [5.74, 6) is 0.958. The molecule has 2 heterocycles. The van der Waals surface area contributed by atoms with Gasteiger partial charge in [0, 0.05) is 17.7 Å². The van der Waals surface area contributed by atoms with Crippen LogP contribution in [0.1, 0.15) is 44.3 Å². The molecule has 0 saturated carbocycles. The molecule has 190 valence electrons. The average molecular weight is 500 g/mol. The molecule has 1 atom stereocenters. The first kappa shape index (κ1) is 24.4. The first-order valence-corrected chi connectivity index (χ1v) is 12.1. The molecule has 8 nitrogen and oxygen atoms in total. The van der Waals surface area contributed by atoms with E-state index in [0.717, 1.165) is 22.3 Å². The standard InChI is InChI=1S/C29H29N3O5/c1-17-13-18(2)28(34)21(14-17)25-24-26(31-30-25)29(35)32(11-12-33)27(24)20-9-10-22(23(15-20)36-3)37-16-19-7-5-4-6-8-19/h4-10,13-15,27,33-34H,11-12,16H2,1-3H3,(H,30,31)/t27-/m1/s1. The molecule has 1 aliphatic rings. The van der Waals surface area contributed by atoms with Gasteiger partial charge in [-0.1, -0.05) is 42.5 Å². The maximum absolute atomic E-state index is 13.3. The third-order valence-corrected chi connectivity index (χ3v) is 6.65. The number of phenols is 1. The molecule has 0 aliphatic carbocycles. The van der Waals surface area contributed by atoms with E-state index in [1.807, 2.05) is 74.5 Å². The molecule has 5 rings (SSSR count). The van der Waals surface area contributed by atoms with Crippen molar-refractivity contribution in [1.82, 2.24) is 15.1 Å². The minimum atomic E-state index is -0.541. The predicted molar refractivity (Wildman–Crippen MR) is 139 cm³/mol. The van der Waals surface area contributed by atoms with Crippen LogP contribution in [-0.2, 0) is 6.61 Å². The first-order chi connectivity index (χ1) is 17.9. The monoisotopic (exact) mass is 499 g/mol. The molecule has 1 aromatic heterocycles.